The zero-order valence-corrected chi connectivity index (χ0v) is 36.8. The van der Waals surface area contributed by atoms with Crippen molar-refractivity contribution in [2.45, 2.75) is 238 Å². The van der Waals surface area contributed by atoms with Crippen LogP contribution in [-0.4, -0.2) is 46.9 Å². The number of amides is 1. The number of aliphatic hydroxyl groups is 2. The van der Waals surface area contributed by atoms with E-state index in [-0.39, 0.29) is 24.9 Å². The summed E-state index contributed by atoms with van der Waals surface area (Å²) in [5.41, 5.74) is 0. The maximum absolute atomic E-state index is 13.1. The molecular formula is C50H89NO5. The lowest BCUT2D eigenvalue weighted by Crippen LogP contribution is -2.46. The lowest BCUT2D eigenvalue weighted by molar-refractivity contribution is -0.151. The van der Waals surface area contributed by atoms with Gasteiger partial charge in [0.2, 0.25) is 5.91 Å². The van der Waals surface area contributed by atoms with E-state index < -0.39 is 18.2 Å². The van der Waals surface area contributed by atoms with Crippen LogP contribution in [0, 0.1) is 0 Å². The Balaban J connectivity index is 4.59. The van der Waals surface area contributed by atoms with Crippen molar-refractivity contribution in [1.29, 1.82) is 0 Å². The van der Waals surface area contributed by atoms with Gasteiger partial charge in [-0.1, -0.05) is 191 Å². The average Bonchev–Trinajstić information content (AvgIpc) is 3.19. The Morgan fingerprint density at radius 1 is 0.554 bits per heavy atom. The molecule has 3 unspecified atom stereocenters. The normalized spacial score (nSPS) is 13.9. The Morgan fingerprint density at radius 2 is 1.04 bits per heavy atom. The van der Waals surface area contributed by atoms with Gasteiger partial charge in [0.15, 0.2) is 0 Å². The zero-order valence-electron chi connectivity index (χ0n) is 36.8. The van der Waals surface area contributed by atoms with E-state index in [1.165, 1.54) is 89.9 Å². The molecule has 6 nitrogen and oxygen atoms in total. The monoisotopic (exact) mass is 784 g/mol. The van der Waals surface area contributed by atoms with E-state index in [0.29, 0.717) is 19.3 Å². The molecule has 3 N–H and O–H groups in total. The molecule has 0 aliphatic carbocycles. The summed E-state index contributed by atoms with van der Waals surface area (Å²) in [5, 5.41) is 23.6. The largest absolute Gasteiger partial charge is 0.462 e. The third-order valence-electron chi connectivity index (χ3n) is 10.4. The van der Waals surface area contributed by atoms with Crippen LogP contribution in [-0.2, 0) is 14.3 Å². The molecule has 0 fully saturated rings. The van der Waals surface area contributed by atoms with Crippen molar-refractivity contribution in [1.82, 2.24) is 5.32 Å². The molecule has 6 heteroatoms. The van der Waals surface area contributed by atoms with E-state index in [1.54, 1.807) is 0 Å². The number of aliphatic hydroxyl groups excluding tert-OH is 2. The Hall–Kier alpha value is -2.44. The van der Waals surface area contributed by atoms with E-state index >= 15 is 0 Å². The Kier molecular flexibility index (Phi) is 41.8. The SMILES string of the molecule is CC/C=C/C=C/C=C\CCCCCC(CC(=O)NC(CO)C(O)CCCCCCCCCCC)OC(=O)CCCCCCCCC/C=C\C/C=C\CCCCC. The van der Waals surface area contributed by atoms with Gasteiger partial charge in [0.1, 0.15) is 6.10 Å². The van der Waals surface area contributed by atoms with E-state index in [2.05, 4.69) is 74.7 Å². The fraction of sp³-hybridized carbons (Fsp3) is 0.760. The van der Waals surface area contributed by atoms with E-state index in [9.17, 15) is 19.8 Å². The molecule has 0 saturated carbocycles. The van der Waals surface area contributed by atoms with Crippen LogP contribution in [0.4, 0.5) is 0 Å². The summed E-state index contributed by atoms with van der Waals surface area (Å²) >= 11 is 0. The predicted octanol–water partition coefficient (Wildman–Crippen LogP) is 13.7. The van der Waals surface area contributed by atoms with E-state index in [0.717, 1.165) is 83.5 Å². The number of carbonyl (C=O) groups excluding carboxylic acids is 2. The summed E-state index contributed by atoms with van der Waals surface area (Å²) in [5.74, 6) is -0.522. The quantitative estimate of drug-likeness (QED) is 0.0248. The first kappa shape index (κ1) is 53.6. The third-order valence-corrected chi connectivity index (χ3v) is 10.4. The summed E-state index contributed by atoms with van der Waals surface area (Å²) in [6, 6.07) is -0.713. The third kappa shape index (κ3) is 38.4. The van der Waals surface area contributed by atoms with Gasteiger partial charge >= 0.3 is 5.97 Å². The van der Waals surface area contributed by atoms with Crippen molar-refractivity contribution < 1.29 is 24.5 Å². The first-order valence-corrected chi connectivity index (χ1v) is 23.5. The second-order valence-corrected chi connectivity index (χ2v) is 15.8. The number of allylic oxidation sites excluding steroid dienone is 10. The van der Waals surface area contributed by atoms with Crippen molar-refractivity contribution in [2.75, 3.05) is 6.61 Å². The van der Waals surface area contributed by atoms with Gasteiger partial charge in [-0.2, -0.15) is 0 Å². The number of ether oxygens (including phenoxy) is 1. The van der Waals surface area contributed by atoms with Gasteiger partial charge < -0.3 is 20.3 Å². The molecule has 0 aliphatic heterocycles. The molecule has 1 amide bonds. The Morgan fingerprint density at radius 3 is 1.64 bits per heavy atom. The van der Waals surface area contributed by atoms with Gasteiger partial charge in [-0.3, -0.25) is 9.59 Å². The predicted molar refractivity (Wildman–Crippen MR) is 241 cm³/mol. The van der Waals surface area contributed by atoms with Crippen molar-refractivity contribution in [3.8, 4) is 0 Å². The summed E-state index contributed by atoms with van der Waals surface area (Å²) < 4.78 is 5.89. The van der Waals surface area contributed by atoms with Crippen molar-refractivity contribution >= 4 is 11.9 Å². The lowest BCUT2D eigenvalue weighted by atomic mass is 10.0. The molecule has 0 aromatic carbocycles. The van der Waals surface area contributed by atoms with Crippen LogP contribution in [0.15, 0.2) is 60.8 Å². The second kappa shape index (κ2) is 43.7. The average molecular weight is 784 g/mol. The van der Waals surface area contributed by atoms with Gasteiger partial charge in [-0.05, 0) is 77.0 Å². The molecule has 0 bridgehead atoms. The van der Waals surface area contributed by atoms with E-state index in [4.69, 9.17) is 4.74 Å². The van der Waals surface area contributed by atoms with Crippen molar-refractivity contribution in [3.05, 3.63) is 60.8 Å². The number of hydrogen-bond donors (Lipinski definition) is 3. The number of rotatable bonds is 41. The van der Waals surface area contributed by atoms with Crippen LogP contribution in [0.2, 0.25) is 0 Å². The van der Waals surface area contributed by atoms with Gasteiger partial charge in [0.25, 0.3) is 0 Å². The van der Waals surface area contributed by atoms with Crippen LogP contribution in [0.1, 0.15) is 220 Å². The first-order chi connectivity index (χ1) is 27.5. The maximum Gasteiger partial charge on any atom is 0.306 e. The highest BCUT2D eigenvalue weighted by Gasteiger charge is 2.24. The summed E-state index contributed by atoms with van der Waals surface area (Å²) in [6.07, 6.45) is 52.8. The van der Waals surface area contributed by atoms with Gasteiger partial charge in [0, 0.05) is 6.42 Å². The van der Waals surface area contributed by atoms with Crippen LogP contribution in [0.25, 0.3) is 0 Å². The standard InChI is InChI=1S/C50H89NO5/c1-4-7-10-13-16-19-21-22-23-24-25-26-28-31-34-37-40-43-50(55)56-46(41-38-35-32-30-27-20-17-14-11-8-5-2)44-49(54)51-47(45-52)48(53)42-39-36-33-29-18-15-12-9-6-3/h8,11,14,16-17,19-20,22-23,27,46-48,52-53H,4-7,9-10,12-13,15,18,21,24-26,28-45H2,1-3H3,(H,51,54)/b11-8+,17-14+,19-16-,23-22-,27-20-. The summed E-state index contributed by atoms with van der Waals surface area (Å²) in [7, 11) is 0. The minimum absolute atomic E-state index is 0.0495. The highest BCUT2D eigenvalue weighted by Crippen LogP contribution is 2.17. The molecule has 0 saturated heterocycles. The van der Waals surface area contributed by atoms with Gasteiger partial charge in [0.05, 0.1) is 25.2 Å². The fourth-order valence-electron chi connectivity index (χ4n) is 6.81. The lowest BCUT2D eigenvalue weighted by Gasteiger charge is -2.24. The molecule has 0 radical (unpaired) electrons. The second-order valence-electron chi connectivity index (χ2n) is 15.8. The van der Waals surface area contributed by atoms with Crippen molar-refractivity contribution in [3.63, 3.8) is 0 Å². The molecule has 56 heavy (non-hydrogen) atoms. The van der Waals surface area contributed by atoms with Gasteiger partial charge in [-0.25, -0.2) is 0 Å². The molecule has 0 aromatic rings. The van der Waals surface area contributed by atoms with Crippen LogP contribution in [0.5, 0.6) is 0 Å². The molecular weight excluding hydrogens is 695 g/mol. The highest BCUT2D eigenvalue weighted by molar-refractivity contribution is 5.77. The molecule has 3 atom stereocenters. The molecule has 324 valence electrons. The summed E-state index contributed by atoms with van der Waals surface area (Å²) in [4.78, 5) is 26.0. The topological polar surface area (TPSA) is 95.9 Å². The molecule has 0 spiro atoms. The minimum Gasteiger partial charge on any atom is -0.462 e. The van der Waals surface area contributed by atoms with Crippen LogP contribution < -0.4 is 5.32 Å². The van der Waals surface area contributed by atoms with Gasteiger partial charge in [-0.15, -0.1) is 0 Å². The molecule has 0 rings (SSSR count). The number of nitrogens with one attached hydrogen (secondary N) is 1. The van der Waals surface area contributed by atoms with Crippen LogP contribution in [0.3, 0.4) is 0 Å². The van der Waals surface area contributed by atoms with Crippen molar-refractivity contribution in [2.24, 2.45) is 0 Å². The molecule has 0 aromatic heterocycles. The zero-order chi connectivity index (χ0) is 41.0. The molecule has 0 heterocycles. The highest BCUT2D eigenvalue weighted by atomic mass is 16.5. The number of esters is 1. The Labute approximate surface area is 346 Å². The number of hydrogen-bond acceptors (Lipinski definition) is 5. The number of unbranched alkanes of at least 4 members (excludes halogenated alkanes) is 21. The van der Waals surface area contributed by atoms with E-state index in [1.807, 2.05) is 12.2 Å². The Bertz CT molecular complexity index is 1010. The minimum atomic E-state index is -0.797. The maximum atomic E-state index is 13.1. The molecule has 0 aliphatic rings. The smallest absolute Gasteiger partial charge is 0.306 e. The summed E-state index contributed by atoms with van der Waals surface area (Å²) in [6.45, 7) is 6.28. The fourth-order valence-corrected chi connectivity index (χ4v) is 6.81. The number of carbonyl (C=O) groups is 2. The van der Waals surface area contributed by atoms with Crippen LogP contribution >= 0.6 is 0 Å². The first-order valence-electron chi connectivity index (χ1n) is 23.5.